The molecule has 0 spiro atoms. The molecule has 2 aromatic carbocycles. The van der Waals surface area contributed by atoms with Crippen molar-refractivity contribution in [1.82, 2.24) is 14.8 Å². The molecule has 0 saturated carbocycles. The Kier molecular flexibility index (Phi) is 5.16. The summed E-state index contributed by atoms with van der Waals surface area (Å²) in [7, 11) is 0. The molecule has 0 bridgehead atoms. The number of anilines is 2. The standard InChI is InChI=1S/C24H25N5O2/c1-17-15-22(29(27-17)16-18-7-3-2-4-8-18)26-23(30)19-11-13-28(14-12-19)24-25-20-9-5-6-10-21(20)31-24/h2-10,15,19H,11-14,16H2,1H3,(H,26,30). The van der Waals surface area contributed by atoms with Gasteiger partial charge in [0.25, 0.3) is 6.01 Å². The van der Waals surface area contributed by atoms with E-state index < -0.39 is 0 Å². The smallest absolute Gasteiger partial charge is 0.298 e. The first-order valence-corrected chi connectivity index (χ1v) is 10.7. The number of piperidine rings is 1. The zero-order valence-electron chi connectivity index (χ0n) is 17.5. The SMILES string of the molecule is Cc1cc(NC(=O)C2CCN(c3nc4ccccc4o3)CC2)n(Cc2ccccc2)n1. The quantitative estimate of drug-likeness (QED) is 0.528. The Balaban J connectivity index is 1.22. The lowest BCUT2D eigenvalue weighted by Crippen LogP contribution is -2.38. The molecule has 31 heavy (non-hydrogen) atoms. The van der Waals surface area contributed by atoms with E-state index >= 15 is 0 Å². The molecule has 7 heteroatoms. The minimum atomic E-state index is -0.0407. The molecule has 1 aliphatic rings. The summed E-state index contributed by atoms with van der Waals surface area (Å²) in [5, 5.41) is 7.65. The molecule has 1 saturated heterocycles. The summed E-state index contributed by atoms with van der Waals surface area (Å²) < 4.78 is 7.73. The molecular weight excluding hydrogens is 390 g/mol. The minimum absolute atomic E-state index is 0.0407. The maximum Gasteiger partial charge on any atom is 0.298 e. The first-order valence-electron chi connectivity index (χ1n) is 10.7. The lowest BCUT2D eigenvalue weighted by Gasteiger charge is -2.30. The highest BCUT2D eigenvalue weighted by Gasteiger charge is 2.28. The molecule has 2 aromatic heterocycles. The molecule has 0 aliphatic carbocycles. The molecule has 0 radical (unpaired) electrons. The van der Waals surface area contributed by atoms with Gasteiger partial charge in [-0.2, -0.15) is 10.1 Å². The highest BCUT2D eigenvalue weighted by Crippen LogP contribution is 2.27. The van der Waals surface area contributed by atoms with Crippen molar-refractivity contribution in [2.45, 2.75) is 26.3 Å². The van der Waals surface area contributed by atoms with Crippen LogP contribution in [0.15, 0.2) is 65.1 Å². The number of carbonyl (C=O) groups excluding carboxylic acids is 1. The topological polar surface area (TPSA) is 76.2 Å². The van der Waals surface area contributed by atoms with E-state index in [1.807, 2.05) is 60.1 Å². The largest absolute Gasteiger partial charge is 0.423 e. The van der Waals surface area contributed by atoms with Crippen LogP contribution in [-0.4, -0.2) is 33.8 Å². The highest BCUT2D eigenvalue weighted by molar-refractivity contribution is 5.92. The number of amides is 1. The fourth-order valence-electron chi connectivity index (χ4n) is 4.08. The zero-order chi connectivity index (χ0) is 21.2. The molecule has 158 valence electrons. The number of benzene rings is 2. The van der Waals surface area contributed by atoms with Crippen molar-refractivity contribution in [2.75, 3.05) is 23.3 Å². The van der Waals surface area contributed by atoms with Gasteiger partial charge in [0.1, 0.15) is 11.3 Å². The van der Waals surface area contributed by atoms with E-state index in [1.54, 1.807) is 0 Å². The van der Waals surface area contributed by atoms with E-state index in [0.717, 1.165) is 54.1 Å². The van der Waals surface area contributed by atoms with Gasteiger partial charge in [-0.1, -0.05) is 42.5 Å². The first kappa shape index (κ1) is 19.4. The van der Waals surface area contributed by atoms with E-state index in [2.05, 4.69) is 32.4 Å². The number of oxazole rings is 1. The summed E-state index contributed by atoms with van der Waals surface area (Å²) in [6.45, 7) is 4.05. The molecule has 5 rings (SSSR count). The third-order valence-corrected chi connectivity index (χ3v) is 5.75. The van der Waals surface area contributed by atoms with Gasteiger partial charge in [0.2, 0.25) is 5.91 Å². The predicted molar refractivity (Wildman–Crippen MR) is 120 cm³/mol. The van der Waals surface area contributed by atoms with Crippen LogP contribution >= 0.6 is 0 Å². The molecule has 1 N–H and O–H groups in total. The molecule has 4 aromatic rings. The van der Waals surface area contributed by atoms with Gasteiger partial charge in [0.15, 0.2) is 5.58 Å². The number of aryl methyl sites for hydroxylation is 1. The van der Waals surface area contributed by atoms with Crippen LogP contribution in [0.3, 0.4) is 0 Å². The Labute approximate surface area is 180 Å². The zero-order valence-corrected chi connectivity index (χ0v) is 17.5. The Morgan fingerprint density at radius 3 is 2.61 bits per heavy atom. The number of para-hydroxylation sites is 2. The molecule has 1 amide bonds. The van der Waals surface area contributed by atoms with Crippen LogP contribution in [0.5, 0.6) is 0 Å². The van der Waals surface area contributed by atoms with Crippen molar-refractivity contribution in [2.24, 2.45) is 5.92 Å². The van der Waals surface area contributed by atoms with Gasteiger partial charge in [0.05, 0.1) is 12.2 Å². The minimum Gasteiger partial charge on any atom is -0.423 e. The number of nitrogens with one attached hydrogen (secondary N) is 1. The van der Waals surface area contributed by atoms with Crippen molar-refractivity contribution >= 4 is 28.8 Å². The summed E-state index contributed by atoms with van der Waals surface area (Å²) in [5.41, 5.74) is 3.68. The molecule has 0 unspecified atom stereocenters. The predicted octanol–water partition coefficient (Wildman–Crippen LogP) is 4.24. The van der Waals surface area contributed by atoms with E-state index in [4.69, 9.17) is 4.42 Å². The maximum atomic E-state index is 13.0. The van der Waals surface area contributed by atoms with Crippen LogP contribution in [0.4, 0.5) is 11.8 Å². The van der Waals surface area contributed by atoms with E-state index in [0.29, 0.717) is 12.6 Å². The third-order valence-electron chi connectivity index (χ3n) is 5.75. The van der Waals surface area contributed by atoms with Crippen LogP contribution in [-0.2, 0) is 11.3 Å². The Bertz CT molecular complexity index is 1160. The molecule has 1 aliphatic heterocycles. The Hall–Kier alpha value is -3.61. The second kappa shape index (κ2) is 8.26. The normalized spacial score (nSPS) is 14.8. The van der Waals surface area contributed by atoms with Crippen LogP contribution in [0, 0.1) is 12.8 Å². The molecule has 0 atom stereocenters. The van der Waals surface area contributed by atoms with Gasteiger partial charge in [-0.25, -0.2) is 4.68 Å². The molecule has 1 fully saturated rings. The molecular formula is C24H25N5O2. The summed E-state index contributed by atoms with van der Waals surface area (Å²) in [6, 6.07) is 20.5. The fraction of sp³-hybridized carbons (Fsp3) is 0.292. The van der Waals surface area contributed by atoms with Crippen molar-refractivity contribution < 1.29 is 9.21 Å². The number of rotatable bonds is 5. The summed E-state index contributed by atoms with van der Waals surface area (Å²) >= 11 is 0. The third kappa shape index (κ3) is 4.17. The number of carbonyl (C=O) groups is 1. The Morgan fingerprint density at radius 1 is 1.10 bits per heavy atom. The number of aromatic nitrogens is 3. The highest BCUT2D eigenvalue weighted by atomic mass is 16.4. The lowest BCUT2D eigenvalue weighted by atomic mass is 9.96. The number of hydrogen-bond donors (Lipinski definition) is 1. The van der Waals surface area contributed by atoms with Crippen LogP contribution in [0.2, 0.25) is 0 Å². The average Bonchev–Trinajstić information content (AvgIpc) is 3.37. The van der Waals surface area contributed by atoms with Crippen LogP contribution < -0.4 is 10.2 Å². The van der Waals surface area contributed by atoms with E-state index in [9.17, 15) is 4.79 Å². The van der Waals surface area contributed by atoms with E-state index in [-0.39, 0.29) is 11.8 Å². The van der Waals surface area contributed by atoms with Gasteiger partial charge in [-0.15, -0.1) is 0 Å². The number of hydrogen-bond acceptors (Lipinski definition) is 5. The second-order valence-corrected chi connectivity index (χ2v) is 8.03. The van der Waals surface area contributed by atoms with Gasteiger partial charge >= 0.3 is 0 Å². The van der Waals surface area contributed by atoms with Gasteiger partial charge in [-0.3, -0.25) is 4.79 Å². The number of nitrogens with zero attached hydrogens (tertiary/aromatic N) is 4. The van der Waals surface area contributed by atoms with Gasteiger partial charge in [-0.05, 0) is 37.5 Å². The second-order valence-electron chi connectivity index (χ2n) is 8.03. The van der Waals surface area contributed by atoms with Gasteiger partial charge < -0.3 is 14.6 Å². The summed E-state index contributed by atoms with van der Waals surface area (Å²) in [4.78, 5) is 19.6. The van der Waals surface area contributed by atoms with Gasteiger partial charge in [0, 0.05) is 25.1 Å². The van der Waals surface area contributed by atoms with Crippen molar-refractivity contribution in [3.63, 3.8) is 0 Å². The van der Waals surface area contributed by atoms with Crippen molar-refractivity contribution in [3.05, 3.63) is 71.9 Å². The summed E-state index contributed by atoms with van der Waals surface area (Å²) in [5.74, 6) is 0.750. The van der Waals surface area contributed by atoms with Crippen molar-refractivity contribution in [1.29, 1.82) is 0 Å². The van der Waals surface area contributed by atoms with Crippen molar-refractivity contribution in [3.8, 4) is 0 Å². The van der Waals surface area contributed by atoms with Crippen LogP contribution in [0.25, 0.3) is 11.1 Å². The lowest BCUT2D eigenvalue weighted by molar-refractivity contribution is -0.120. The molecule has 7 nitrogen and oxygen atoms in total. The average molecular weight is 415 g/mol. The first-order chi connectivity index (χ1) is 15.2. The summed E-state index contributed by atoms with van der Waals surface area (Å²) in [6.07, 6.45) is 1.52. The van der Waals surface area contributed by atoms with Crippen LogP contribution in [0.1, 0.15) is 24.1 Å². The maximum absolute atomic E-state index is 13.0. The fourth-order valence-corrected chi connectivity index (χ4v) is 4.08. The molecule has 3 heterocycles. The van der Waals surface area contributed by atoms with E-state index in [1.165, 1.54) is 0 Å². The monoisotopic (exact) mass is 415 g/mol. The Morgan fingerprint density at radius 2 is 1.84 bits per heavy atom. The number of fused-ring (bicyclic) bond motifs is 1.